The van der Waals surface area contributed by atoms with E-state index in [1.165, 1.54) is 0 Å². The Labute approximate surface area is 173 Å². The van der Waals surface area contributed by atoms with Crippen LogP contribution < -0.4 is 5.32 Å². The van der Waals surface area contributed by atoms with E-state index in [-0.39, 0.29) is 23.8 Å². The molecule has 0 unspecified atom stereocenters. The van der Waals surface area contributed by atoms with Crippen molar-refractivity contribution in [2.45, 2.75) is 46.1 Å². The maximum Gasteiger partial charge on any atom is 0.270 e. The molecule has 1 aromatic carbocycles. The number of nitrogens with one attached hydrogen (secondary N) is 2. The summed E-state index contributed by atoms with van der Waals surface area (Å²) < 4.78 is 5.50. The molecule has 0 bridgehead atoms. The normalized spacial score (nSPS) is 16.3. The predicted molar refractivity (Wildman–Crippen MR) is 115 cm³/mol. The van der Waals surface area contributed by atoms with Crippen LogP contribution in [0.4, 0.5) is 0 Å². The zero-order valence-corrected chi connectivity index (χ0v) is 17.7. The molecule has 2 amide bonds. The first-order valence-corrected chi connectivity index (χ1v) is 10.7. The number of nitrogens with zero attached hydrogens (tertiary/aromatic N) is 1. The first-order chi connectivity index (χ1) is 14.0. The second-order valence-electron chi connectivity index (χ2n) is 8.25. The SMILES string of the molecule is CC(C)OCCCNC(=O)[C@@H](C)C1CCN(C(=O)c2cc3ccccc3[nH]2)CC1. The van der Waals surface area contributed by atoms with E-state index >= 15 is 0 Å². The van der Waals surface area contributed by atoms with Crippen LogP contribution >= 0.6 is 0 Å². The molecule has 1 aromatic heterocycles. The second kappa shape index (κ2) is 9.92. The molecule has 1 saturated heterocycles. The fraction of sp³-hybridized carbons (Fsp3) is 0.565. The van der Waals surface area contributed by atoms with Crippen molar-refractivity contribution in [3.05, 3.63) is 36.0 Å². The lowest BCUT2D eigenvalue weighted by Crippen LogP contribution is -2.43. The summed E-state index contributed by atoms with van der Waals surface area (Å²) in [4.78, 5) is 30.4. The van der Waals surface area contributed by atoms with Gasteiger partial charge in [-0.05, 0) is 51.2 Å². The van der Waals surface area contributed by atoms with Crippen molar-refractivity contribution in [3.63, 3.8) is 0 Å². The van der Waals surface area contributed by atoms with Crippen molar-refractivity contribution in [1.82, 2.24) is 15.2 Å². The van der Waals surface area contributed by atoms with Gasteiger partial charge >= 0.3 is 0 Å². The van der Waals surface area contributed by atoms with E-state index in [4.69, 9.17) is 4.74 Å². The molecular formula is C23H33N3O3. The highest BCUT2D eigenvalue weighted by molar-refractivity contribution is 5.98. The molecule has 0 spiro atoms. The Morgan fingerprint density at radius 2 is 1.93 bits per heavy atom. The van der Waals surface area contributed by atoms with Gasteiger partial charge < -0.3 is 19.9 Å². The minimum Gasteiger partial charge on any atom is -0.379 e. The van der Waals surface area contributed by atoms with Crippen molar-refractivity contribution in [2.75, 3.05) is 26.2 Å². The zero-order chi connectivity index (χ0) is 20.8. The number of carbonyl (C=O) groups is 2. The van der Waals surface area contributed by atoms with Crippen LogP contribution in [0.25, 0.3) is 10.9 Å². The van der Waals surface area contributed by atoms with Crippen molar-refractivity contribution in [1.29, 1.82) is 0 Å². The molecule has 2 heterocycles. The second-order valence-corrected chi connectivity index (χ2v) is 8.25. The van der Waals surface area contributed by atoms with Gasteiger partial charge in [-0.1, -0.05) is 25.1 Å². The van der Waals surface area contributed by atoms with Gasteiger partial charge in [0.15, 0.2) is 0 Å². The zero-order valence-electron chi connectivity index (χ0n) is 17.7. The van der Waals surface area contributed by atoms with Gasteiger partial charge in [-0.15, -0.1) is 0 Å². The van der Waals surface area contributed by atoms with Gasteiger partial charge in [0, 0.05) is 43.1 Å². The molecule has 1 atom stereocenters. The van der Waals surface area contributed by atoms with E-state index in [1.807, 2.05) is 56.0 Å². The summed E-state index contributed by atoms with van der Waals surface area (Å²) in [5.41, 5.74) is 1.62. The Bertz CT molecular complexity index is 789. The average Bonchev–Trinajstić information content (AvgIpc) is 3.16. The predicted octanol–water partition coefficient (Wildman–Crippen LogP) is 3.59. The molecule has 0 radical (unpaired) electrons. The fourth-order valence-electron chi connectivity index (χ4n) is 3.94. The number of para-hydroxylation sites is 1. The number of aromatic nitrogens is 1. The number of hydrogen-bond acceptors (Lipinski definition) is 3. The van der Waals surface area contributed by atoms with Crippen LogP contribution in [0.15, 0.2) is 30.3 Å². The highest BCUT2D eigenvalue weighted by Gasteiger charge is 2.30. The molecule has 6 nitrogen and oxygen atoms in total. The number of piperidine rings is 1. The van der Waals surface area contributed by atoms with Crippen LogP contribution in [0.3, 0.4) is 0 Å². The van der Waals surface area contributed by atoms with E-state index in [0.717, 1.165) is 30.2 Å². The van der Waals surface area contributed by atoms with Gasteiger partial charge in [0.25, 0.3) is 5.91 Å². The number of hydrogen-bond donors (Lipinski definition) is 2. The minimum absolute atomic E-state index is 0.0358. The number of ether oxygens (including phenoxy) is 1. The number of carbonyl (C=O) groups excluding carboxylic acids is 2. The van der Waals surface area contributed by atoms with Gasteiger partial charge in [-0.25, -0.2) is 0 Å². The summed E-state index contributed by atoms with van der Waals surface area (Å²) in [6.07, 6.45) is 2.77. The minimum atomic E-state index is -0.0358. The molecule has 0 aliphatic carbocycles. The Hall–Kier alpha value is -2.34. The molecule has 29 heavy (non-hydrogen) atoms. The third kappa shape index (κ3) is 5.60. The number of likely N-dealkylation sites (tertiary alicyclic amines) is 1. The summed E-state index contributed by atoms with van der Waals surface area (Å²) in [7, 11) is 0. The Balaban J connectivity index is 1.44. The third-order valence-electron chi connectivity index (χ3n) is 5.78. The Morgan fingerprint density at radius 3 is 2.62 bits per heavy atom. The number of H-pyrrole nitrogens is 1. The summed E-state index contributed by atoms with van der Waals surface area (Å²) in [6.45, 7) is 8.72. The van der Waals surface area contributed by atoms with Crippen LogP contribution in [0, 0.1) is 11.8 Å². The van der Waals surface area contributed by atoms with Crippen molar-refractivity contribution < 1.29 is 14.3 Å². The first kappa shape index (κ1) is 21.4. The lowest BCUT2D eigenvalue weighted by Gasteiger charge is -2.34. The van der Waals surface area contributed by atoms with Gasteiger partial charge in [-0.2, -0.15) is 0 Å². The summed E-state index contributed by atoms with van der Waals surface area (Å²) in [5.74, 6) is 0.428. The van der Waals surface area contributed by atoms with Crippen molar-refractivity contribution >= 4 is 22.7 Å². The molecule has 6 heteroatoms. The molecule has 2 N–H and O–H groups in total. The topological polar surface area (TPSA) is 74.4 Å². The van der Waals surface area contributed by atoms with Gasteiger partial charge in [0.1, 0.15) is 5.69 Å². The van der Waals surface area contributed by atoms with Gasteiger partial charge in [-0.3, -0.25) is 9.59 Å². The van der Waals surface area contributed by atoms with E-state index in [1.54, 1.807) is 0 Å². The highest BCUT2D eigenvalue weighted by Crippen LogP contribution is 2.26. The van der Waals surface area contributed by atoms with Gasteiger partial charge in [0.05, 0.1) is 6.10 Å². The summed E-state index contributed by atoms with van der Waals surface area (Å²) in [5, 5.41) is 4.07. The van der Waals surface area contributed by atoms with Crippen LogP contribution in [0.2, 0.25) is 0 Å². The Morgan fingerprint density at radius 1 is 1.21 bits per heavy atom. The molecule has 0 saturated carbocycles. The molecule has 1 aliphatic rings. The third-order valence-corrected chi connectivity index (χ3v) is 5.78. The fourth-order valence-corrected chi connectivity index (χ4v) is 3.94. The molecule has 158 valence electrons. The molecule has 1 fully saturated rings. The van der Waals surface area contributed by atoms with E-state index in [2.05, 4.69) is 10.3 Å². The quantitative estimate of drug-likeness (QED) is 0.666. The summed E-state index contributed by atoms with van der Waals surface area (Å²) >= 11 is 0. The van der Waals surface area contributed by atoms with Crippen LogP contribution in [-0.2, 0) is 9.53 Å². The number of amides is 2. The first-order valence-electron chi connectivity index (χ1n) is 10.7. The Kier molecular flexibility index (Phi) is 7.31. The maximum absolute atomic E-state index is 12.8. The van der Waals surface area contributed by atoms with E-state index in [9.17, 15) is 9.59 Å². The monoisotopic (exact) mass is 399 g/mol. The smallest absolute Gasteiger partial charge is 0.270 e. The van der Waals surface area contributed by atoms with E-state index in [0.29, 0.717) is 37.9 Å². The average molecular weight is 400 g/mol. The van der Waals surface area contributed by atoms with Crippen molar-refractivity contribution in [2.24, 2.45) is 11.8 Å². The largest absolute Gasteiger partial charge is 0.379 e. The van der Waals surface area contributed by atoms with Crippen LogP contribution in [0.1, 0.15) is 50.5 Å². The number of rotatable bonds is 8. The molecule has 2 aromatic rings. The summed E-state index contributed by atoms with van der Waals surface area (Å²) in [6, 6.07) is 9.84. The molecule has 1 aliphatic heterocycles. The lowest BCUT2D eigenvalue weighted by atomic mass is 9.84. The highest BCUT2D eigenvalue weighted by atomic mass is 16.5. The van der Waals surface area contributed by atoms with Crippen LogP contribution in [-0.4, -0.2) is 54.0 Å². The molecule has 3 rings (SSSR count). The van der Waals surface area contributed by atoms with Crippen LogP contribution in [0.5, 0.6) is 0 Å². The lowest BCUT2D eigenvalue weighted by molar-refractivity contribution is -0.126. The van der Waals surface area contributed by atoms with E-state index < -0.39 is 0 Å². The number of benzene rings is 1. The van der Waals surface area contributed by atoms with Crippen molar-refractivity contribution in [3.8, 4) is 0 Å². The van der Waals surface area contributed by atoms with Gasteiger partial charge in [0.2, 0.25) is 5.91 Å². The number of fused-ring (bicyclic) bond motifs is 1. The number of aromatic amines is 1. The maximum atomic E-state index is 12.8. The standard InChI is InChI=1S/C23H33N3O3/c1-16(2)29-14-6-11-24-22(27)17(3)18-9-12-26(13-10-18)23(28)21-15-19-7-4-5-8-20(19)25-21/h4-5,7-8,15-18,25H,6,9-14H2,1-3H3,(H,24,27)/t17-/m0/s1. The molecular weight excluding hydrogens is 366 g/mol.